The van der Waals surface area contributed by atoms with Crippen LogP contribution < -0.4 is 10.2 Å². The molecule has 0 spiro atoms. The quantitative estimate of drug-likeness (QED) is 0.270. The highest BCUT2D eigenvalue weighted by molar-refractivity contribution is 14.0. The molecule has 0 radical (unpaired) electrons. The zero-order chi connectivity index (χ0) is 20.6. The molecule has 2 aliphatic heterocycles. The molecule has 2 aliphatic rings. The second-order valence-corrected chi connectivity index (χ2v) is 7.69. The number of nitrogens with one attached hydrogen (secondary N) is 1. The zero-order valence-electron chi connectivity index (χ0n) is 18.3. The van der Waals surface area contributed by atoms with Gasteiger partial charge in [-0.05, 0) is 32.9 Å². The molecule has 168 valence electrons. The standard InChI is InChI=1S/C21H34N6O2.HI/c1-4-29-20(28)17-7-10-27(11-8-17)21(22-2)24-16-18-6-5-9-23-19(18)26-14-12-25(3)13-15-26;/h5-6,9,17H,4,7-8,10-16H2,1-3H3,(H,22,24);1H. The number of hydrogen-bond acceptors (Lipinski definition) is 6. The molecule has 9 heteroatoms. The molecule has 0 saturated carbocycles. The maximum atomic E-state index is 12.0. The summed E-state index contributed by atoms with van der Waals surface area (Å²) in [4.78, 5) is 28.0. The lowest BCUT2D eigenvalue weighted by atomic mass is 9.97. The summed E-state index contributed by atoms with van der Waals surface area (Å²) in [6, 6.07) is 4.12. The van der Waals surface area contributed by atoms with Gasteiger partial charge in [0.15, 0.2) is 5.96 Å². The highest BCUT2D eigenvalue weighted by Crippen LogP contribution is 2.20. The van der Waals surface area contributed by atoms with Crippen molar-refractivity contribution < 1.29 is 9.53 Å². The third-order valence-electron chi connectivity index (χ3n) is 5.73. The van der Waals surface area contributed by atoms with Crippen molar-refractivity contribution >= 4 is 41.7 Å². The lowest BCUT2D eigenvalue weighted by molar-refractivity contribution is -0.149. The minimum absolute atomic E-state index is 0. The average Bonchev–Trinajstić information content (AvgIpc) is 2.76. The number of carbonyl (C=O) groups excluding carboxylic acids is 1. The molecule has 0 amide bonds. The van der Waals surface area contributed by atoms with Crippen LogP contribution in [-0.4, -0.2) is 86.7 Å². The van der Waals surface area contributed by atoms with E-state index in [0.717, 1.165) is 63.9 Å². The number of anilines is 1. The normalized spacial score (nSPS) is 18.7. The van der Waals surface area contributed by atoms with Gasteiger partial charge in [-0.2, -0.15) is 0 Å². The van der Waals surface area contributed by atoms with E-state index in [-0.39, 0.29) is 35.9 Å². The van der Waals surface area contributed by atoms with E-state index in [1.54, 1.807) is 0 Å². The van der Waals surface area contributed by atoms with Crippen molar-refractivity contribution in [1.29, 1.82) is 0 Å². The monoisotopic (exact) mass is 530 g/mol. The zero-order valence-corrected chi connectivity index (χ0v) is 20.7. The minimum Gasteiger partial charge on any atom is -0.466 e. The molecule has 8 nitrogen and oxygen atoms in total. The minimum atomic E-state index is -0.0673. The topological polar surface area (TPSA) is 73.3 Å². The number of guanidine groups is 1. The first-order chi connectivity index (χ1) is 14.1. The first kappa shape index (κ1) is 24.6. The smallest absolute Gasteiger partial charge is 0.309 e. The Hall–Kier alpha value is -1.62. The summed E-state index contributed by atoms with van der Waals surface area (Å²) >= 11 is 0. The number of piperidine rings is 1. The highest BCUT2D eigenvalue weighted by atomic mass is 127. The third kappa shape index (κ3) is 6.44. The van der Waals surface area contributed by atoms with Gasteiger partial charge in [0.25, 0.3) is 0 Å². The summed E-state index contributed by atoms with van der Waals surface area (Å²) in [5.41, 5.74) is 1.18. The molecule has 1 N–H and O–H groups in total. The van der Waals surface area contributed by atoms with Crippen molar-refractivity contribution in [3.8, 4) is 0 Å². The summed E-state index contributed by atoms with van der Waals surface area (Å²) in [5, 5.41) is 3.50. The number of halogens is 1. The Morgan fingerprint density at radius 3 is 2.57 bits per heavy atom. The molecule has 0 aliphatic carbocycles. The number of esters is 1. The molecule has 1 aromatic rings. The van der Waals surface area contributed by atoms with Crippen molar-refractivity contribution in [3.63, 3.8) is 0 Å². The van der Waals surface area contributed by atoms with Crippen molar-refractivity contribution in [1.82, 2.24) is 20.1 Å². The molecule has 0 bridgehead atoms. The van der Waals surface area contributed by atoms with Crippen molar-refractivity contribution in [2.45, 2.75) is 26.3 Å². The van der Waals surface area contributed by atoms with Crippen LogP contribution in [0.4, 0.5) is 5.82 Å². The molecule has 30 heavy (non-hydrogen) atoms. The number of carbonyl (C=O) groups is 1. The highest BCUT2D eigenvalue weighted by Gasteiger charge is 2.27. The average molecular weight is 530 g/mol. The Morgan fingerprint density at radius 1 is 1.23 bits per heavy atom. The number of aliphatic imine (C=N–C) groups is 1. The number of hydrogen-bond donors (Lipinski definition) is 1. The van der Waals surface area contributed by atoms with Gasteiger partial charge in [-0.25, -0.2) is 4.98 Å². The second kappa shape index (κ2) is 12.3. The number of likely N-dealkylation sites (N-methyl/N-ethyl adjacent to an activating group) is 1. The van der Waals surface area contributed by atoms with Crippen LogP contribution in [0.3, 0.4) is 0 Å². The van der Waals surface area contributed by atoms with Crippen molar-refractivity contribution in [2.24, 2.45) is 10.9 Å². The van der Waals surface area contributed by atoms with Gasteiger partial charge in [0.05, 0.1) is 12.5 Å². The van der Waals surface area contributed by atoms with Crippen LogP contribution in [0.1, 0.15) is 25.3 Å². The van der Waals surface area contributed by atoms with E-state index >= 15 is 0 Å². The Labute approximate surface area is 197 Å². The summed E-state index contributed by atoms with van der Waals surface area (Å²) in [6.07, 6.45) is 3.48. The first-order valence-electron chi connectivity index (χ1n) is 10.6. The fraction of sp³-hybridized carbons (Fsp3) is 0.667. The third-order valence-corrected chi connectivity index (χ3v) is 5.73. The molecule has 0 atom stereocenters. The van der Waals surface area contributed by atoms with Crippen LogP contribution in [0.2, 0.25) is 0 Å². The summed E-state index contributed by atoms with van der Waals surface area (Å²) in [5.74, 6) is 1.87. The van der Waals surface area contributed by atoms with E-state index in [9.17, 15) is 4.79 Å². The van der Waals surface area contributed by atoms with Crippen LogP contribution >= 0.6 is 24.0 Å². The molecular formula is C21H35IN6O2. The summed E-state index contributed by atoms with van der Waals surface area (Å²) < 4.78 is 5.17. The molecule has 0 aromatic carbocycles. The Kier molecular flexibility index (Phi) is 10.1. The van der Waals surface area contributed by atoms with E-state index in [2.05, 4.69) is 43.1 Å². The summed E-state index contributed by atoms with van der Waals surface area (Å²) in [6.45, 7) is 8.70. The maximum absolute atomic E-state index is 12.0. The molecule has 0 unspecified atom stereocenters. The Bertz CT molecular complexity index is 700. The van der Waals surface area contributed by atoms with Crippen molar-refractivity contribution in [3.05, 3.63) is 23.9 Å². The number of aromatic nitrogens is 1. The van der Waals surface area contributed by atoms with Crippen LogP contribution in [0.5, 0.6) is 0 Å². The van der Waals surface area contributed by atoms with E-state index in [4.69, 9.17) is 4.74 Å². The second-order valence-electron chi connectivity index (χ2n) is 7.69. The van der Waals surface area contributed by atoms with Gasteiger partial charge >= 0.3 is 5.97 Å². The van der Waals surface area contributed by atoms with Crippen LogP contribution in [0, 0.1) is 5.92 Å². The van der Waals surface area contributed by atoms with E-state index in [1.807, 2.05) is 26.2 Å². The van der Waals surface area contributed by atoms with Gasteiger partial charge in [0.2, 0.25) is 0 Å². The van der Waals surface area contributed by atoms with E-state index in [1.165, 1.54) is 5.56 Å². The predicted octanol–water partition coefficient (Wildman–Crippen LogP) is 1.80. The van der Waals surface area contributed by atoms with Gasteiger partial charge < -0.3 is 24.8 Å². The lowest BCUT2D eigenvalue weighted by Crippen LogP contribution is -2.47. The molecule has 2 saturated heterocycles. The molecular weight excluding hydrogens is 495 g/mol. The lowest BCUT2D eigenvalue weighted by Gasteiger charge is -2.35. The molecule has 3 rings (SSSR count). The van der Waals surface area contributed by atoms with Gasteiger partial charge in [-0.15, -0.1) is 24.0 Å². The number of ether oxygens (including phenoxy) is 1. The number of rotatable bonds is 5. The number of nitrogens with zero attached hydrogens (tertiary/aromatic N) is 5. The predicted molar refractivity (Wildman–Crippen MR) is 130 cm³/mol. The van der Waals surface area contributed by atoms with Gasteiger partial charge in [0.1, 0.15) is 5.82 Å². The van der Waals surface area contributed by atoms with Crippen LogP contribution in [0.25, 0.3) is 0 Å². The Balaban J connectivity index is 0.00000320. The van der Waals surface area contributed by atoms with E-state index < -0.39 is 0 Å². The number of piperazine rings is 1. The first-order valence-corrected chi connectivity index (χ1v) is 10.6. The number of likely N-dealkylation sites (tertiary alicyclic amines) is 1. The molecule has 3 heterocycles. The van der Waals surface area contributed by atoms with Crippen LogP contribution in [0.15, 0.2) is 23.3 Å². The largest absolute Gasteiger partial charge is 0.466 e. The van der Waals surface area contributed by atoms with Gasteiger partial charge in [0, 0.05) is 64.6 Å². The Morgan fingerprint density at radius 2 is 1.93 bits per heavy atom. The van der Waals surface area contributed by atoms with Gasteiger partial charge in [-0.1, -0.05) is 6.07 Å². The fourth-order valence-electron chi connectivity index (χ4n) is 3.96. The van der Waals surface area contributed by atoms with Gasteiger partial charge in [-0.3, -0.25) is 9.79 Å². The SMILES string of the molecule is CCOC(=O)C1CCN(C(=NC)NCc2cccnc2N2CCN(C)CC2)CC1.I. The van der Waals surface area contributed by atoms with Crippen molar-refractivity contribution in [2.75, 3.05) is 64.9 Å². The van der Waals surface area contributed by atoms with Crippen LogP contribution in [-0.2, 0) is 16.1 Å². The molecule has 1 aromatic heterocycles. The van der Waals surface area contributed by atoms with E-state index in [0.29, 0.717) is 13.2 Å². The fourth-order valence-corrected chi connectivity index (χ4v) is 3.96. The molecule has 2 fully saturated rings. The summed E-state index contributed by atoms with van der Waals surface area (Å²) in [7, 11) is 3.97. The maximum Gasteiger partial charge on any atom is 0.309 e. The number of pyridine rings is 1.